The predicted molar refractivity (Wildman–Crippen MR) is 48.1 cm³/mol. The zero-order chi connectivity index (χ0) is 8.23. The van der Waals surface area contributed by atoms with Gasteiger partial charge >= 0.3 is 0 Å². The highest BCUT2D eigenvalue weighted by Gasteiger charge is 2.23. The molecule has 0 saturated heterocycles. The molecule has 0 atom stereocenters. The van der Waals surface area contributed by atoms with E-state index in [0.29, 0.717) is 12.0 Å². The van der Waals surface area contributed by atoms with Crippen molar-refractivity contribution < 1.29 is 4.84 Å². The normalized spacial score (nSPS) is 26.3. The first-order valence-corrected chi connectivity index (χ1v) is 5.06. The first kappa shape index (κ1) is 8.09. The summed E-state index contributed by atoms with van der Waals surface area (Å²) in [5, 5.41) is 3.91. The van der Waals surface area contributed by atoms with Gasteiger partial charge in [0.2, 0.25) is 0 Å². The van der Waals surface area contributed by atoms with Crippen LogP contribution in [0.1, 0.15) is 44.9 Å². The van der Waals surface area contributed by atoms with Crippen molar-refractivity contribution in [2.45, 2.75) is 51.0 Å². The van der Waals surface area contributed by atoms with E-state index < -0.39 is 0 Å². The summed E-state index contributed by atoms with van der Waals surface area (Å²) in [5.74, 6) is 0.581. The lowest BCUT2D eigenvalue weighted by Crippen LogP contribution is -2.07. The molecule has 2 nitrogen and oxygen atoms in total. The van der Waals surface area contributed by atoms with Gasteiger partial charge in [0.15, 0.2) is 0 Å². The van der Waals surface area contributed by atoms with E-state index in [1.54, 1.807) is 0 Å². The smallest absolute Gasteiger partial charge is 0.127 e. The van der Waals surface area contributed by atoms with Gasteiger partial charge in [-0.1, -0.05) is 24.4 Å². The summed E-state index contributed by atoms with van der Waals surface area (Å²) >= 11 is 0. The molecule has 2 aliphatic carbocycles. The van der Waals surface area contributed by atoms with Gasteiger partial charge in [-0.15, -0.1) is 0 Å². The van der Waals surface area contributed by atoms with Crippen LogP contribution < -0.4 is 0 Å². The van der Waals surface area contributed by atoms with E-state index in [4.69, 9.17) is 4.84 Å². The fourth-order valence-electron chi connectivity index (χ4n) is 1.58. The molecule has 0 aliphatic heterocycles. The maximum Gasteiger partial charge on any atom is 0.127 e. The molecule has 0 aromatic carbocycles. The van der Waals surface area contributed by atoms with Gasteiger partial charge in [0, 0.05) is 5.92 Å². The number of rotatable bonds is 3. The molecule has 2 heteroatoms. The second-order valence-electron chi connectivity index (χ2n) is 3.86. The van der Waals surface area contributed by atoms with Crippen LogP contribution in [0.25, 0.3) is 0 Å². The number of hydrogen-bond acceptors (Lipinski definition) is 2. The second-order valence-corrected chi connectivity index (χ2v) is 3.86. The molecule has 67 valence electrons. The predicted octanol–water partition coefficient (Wildman–Crippen LogP) is 2.61. The average molecular weight is 166 g/mol. The quantitative estimate of drug-likeness (QED) is 0.466. The van der Waals surface area contributed by atoms with Crippen LogP contribution in [0.5, 0.6) is 0 Å². The minimum Gasteiger partial charge on any atom is -0.392 e. The van der Waals surface area contributed by atoms with Crippen molar-refractivity contribution in [1.29, 1.82) is 0 Å². The van der Waals surface area contributed by atoms with E-state index in [2.05, 4.69) is 11.4 Å². The third-order valence-corrected chi connectivity index (χ3v) is 2.57. The van der Waals surface area contributed by atoms with Gasteiger partial charge in [-0.3, -0.25) is 0 Å². The van der Waals surface area contributed by atoms with Gasteiger partial charge in [0.1, 0.15) is 12.3 Å². The summed E-state index contributed by atoms with van der Waals surface area (Å²) in [7, 11) is 0. The highest BCUT2D eigenvalue weighted by molar-refractivity contribution is 5.59. The summed E-state index contributed by atoms with van der Waals surface area (Å²) < 4.78 is 0. The Hall–Kier alpha value is -0.530. The van der Waals surface area contributed by atoms with Crippen molar-refractivity contribution in [3.63, 3.8) is 0 Å². The number of hydrogen-bond donors (Lipinski definition) is 0. The van der Waals surface area contributed by atoms with E-state index in [9.17, 15) is 0 Å². The fourth-order valence-corrected chi connectivity index (χ4v) is 1.58. The molecule has 0 heterocycles. The SMILES string of the molecule is [C](=N\OC1CC1)/C1CCCCC1. The molecule has 0 aromatic rings. The van der Waals surface area contributed by atoms with Crippen molar-refractivity contribution in [2.75, 3.05) is 0 Å². The van der Waals surface area contributed by atoms with Gasteiger partial charge in [-0.2, -0.15) is 0 Å². The van der Waals surface area contributed by atoms with Gasteiger partial charge < -0.3 is 4.84 Å². The summed E-state index contributed by atoms with van der Waals surface area (Å²) in [6.45, 7) is 0. The Labute approximate surface area is 74.0 Å². The first-order chi connectivity index (χ1) is 5.95. The topological polar surface area (TPSA) is 21.6 Å². The summed E-state index contributed by atoms with van der Waals surface area (Å²) in [6.07, 6.45) is 12.5. The Bertz CT molecular complexity index is 157. The van der Waals surface area contributed by atoms with Crippen LogP contribution in [-0.4, -0.2) is 12.3 Å². The van der Waals surface area contributed by atoms with E-state index in [1.165, 1.54) is 44.9 Å². The lowest BCUT2D eigenvalue weighted by molar-refractivity contribution is 0.128. The molecule has 2 fully saturated rings. The van der Waals surface area contributed by atoms with Crippen LogP contribution in [0.2, 0.25) is 0 Å². The molecule has 2 saturated carbocycles. The average Bonchev–Trinajstić information content (AvgIpc) is 2.90. The van der Waals surface area contributed by atoms with Crippen molar-refractivity contribution in [3.05, 3.63) is 0 Å². The zero-order valence-electron chi connectivity index (χ0n) is 7.46. The maximum absolute atomic E-state index is 5.17. The summed E-state index contributed by atoms with van der Waals surface area (Å²) in [5.41, 5.74) is 0. The van der Waals surface area contributed by atoms with Gasteiger partial charge in [-0.25, -0.2) is 0 Å². The molecular weight excluding hydrogens is 150 g/mol. The molecule has 0 spiro atoms. The van der Waals surface area contributed by atoms with E-state index in [1.807, 2.05) is 0 Å². The Morgan fingerprint density at radius 2 is 1.75 bits per heavy atom. The molecule has 0 N–H and O–H groups in total. The second kappa shape index (κ2) is 3.92. The van der Waals surface area contributed by atoms with Crippen LogP contribution >= 0.6 is 0 Å². The van der Waals surface area contributed by atoms with Crippen LogP contribution in [0.4, 0.5) is 0 Å². The molecule has 0 bridgehead atoms. The molecule has 0 amide bonds. The van der Waals surface area contributed by atoms with Crippen molar-refractivity contribution in [2.24, 2.45) is 11.1 Å². The molecule has 2 rings (SSSR count). The third kappa shape index (κ3) is 2.50. The molecular formula is C10H16NO. The Kier molecular flexibility index (Phi) is 2.64. The highest BCUT2D eigenvalue weighted by atomic mass is 16.6. The molecule has 0 unspecified atom stereocenters. The largest absolute Gasteiger partial charge is 0.392 e. The third-order valence-electron chi connectivity index (χ3n) is 2.57. The lowest BCUT2D eigenvalue weighted by Gasteiger charge is -2.15. The number of nitrogens with zero attached hydrogens (tertiary/aromatic N) is 1. The minimum atomic E-state index is 0.432. The van der Waals surface area contributed by atoms with Crippen molar-refractivity contribution >= 4 is 6.21 Å². The summed E-state index contributed by atoms with van der Waals surface area (Å²) in [4.78, 5) is 5.17. The Morgan fingerprint density at radius 1 is 1.00 bits per heavy atom. The van der Waals surface area contributed by atoms with E-state index in [0.717, 1.165) is 0 Å². The van der Waals surface area contributed by atoms with Crippen molar-refractivity contribution in [3.8, 4) is 0 Å². The van der Waals surface area contributed by atoms with Gasteiger partial charge in [-0.05, 0) is 25.7 Å². The summed E-state index contributed by atoms with van der Waals surface area (Å²) in [6, 6.07) is 0. The molecule has 0 aromatic heterocycles. The zero-order valence-corrected chi connectivity index (χ0v) is 7.46. The maximum atomic E-state index is 5.17. The Balaban J connectivity index is 1.65. The van der Waals surface area contributed by atoms with Crippen LogP contribution in [-0.2, 0) is 4.84 Å². The van der Waals surface area contributed by atoms with E-state index >= 15 is 0 Å². The van der Waals surface area contributed by atoms with Crippen molar-refractivity contribution in [1.82, 2.24) is 0 Å². The Morgan fingerprint density at radius 3 is 2.42 bits per heavy atom. The van der Waals surface area contributed by atoms with Crippen LogP contribution in [0.3, 0.4) is 0 Å². The monoisotopic (exact) mass is 166 g/mol. The fraction of sp³-hybridized carbons (Fsp3) is 0.900. The van der Waals surface area contributed by atoms with Gasteiger partial charge in [0.25, 0.3) is 0 Å². The van der Waals surface area contributed by atoms with Gasteiger partial charge in [0.05, 0.1) is 0 Å². The molecule has 2 aliphatic rings. The lowest BCUT2D eigenvalue weighted by atomic mass is 9.90. The highest BCUT2D eigenvalue weighted by Crippen LogP contribution is 2.25. The first-order valence-electron chi connectivity index (χ1n) is 5.06. The molecule has 12 heavy (non-hydrogen) atoms. The van der Waals surface area contributed by atoms with E-state index in [-0.39, 0.29) is 0 Å². The minimum absolute atomic E-state index is 0.432. The van der Waals surface area contributed by atoms with Crippen LogP contribution in [0, 0.1) is 5.92 Å². The molecule has 1 radical (unpaired) electrons. The van der Waals surface area contributed by atoms with Crippen LogP contribution in [0.15, 0.2) is 5.16 Å². The standard InChI is InChI=1S/C10H16NO/c1-2-4-9(5-3-1)8-11-12-10-6-7-10/h9-10H,1-7H2.